The number of benzene rings is 1. The lowest BCUT2D eigenvalue weighted by Crippen LogP contribution is -2.20. The van der Waals surface area contributed by atoms with Gasteiger partial charge in [0.05, 0.1) is 11.6 Å². The van der Waals surface area contributed by atoms with Gasteiger partial charge in [0.2, 0.25) is 0 Å². The standard InChI is InChI=1S/C15H17BrN2O2/c1-10-7-13(18(2)17-10)9-12(15(19)20)8-11-5-3-4-6-14(11)16/h3-7,12H,8-9H2,1-2H3,(H,19,20). The van der Waals surface area contributed by atoms with Crippen LogP contribution in [0.4, 0.5) is 0 Å². The largest absolute Gasteiger partial charge is 0.481 e. The molecule has 0 amide bonds. The monoisotopic (exact) mass is 336 g/mol. The molecule has 1 aromatic carbocycles. The van der Waals surface area contributed by atoms with E-state index in [9.17, 15) is 9.90 Å². The van der Waals surface area contributed by atoms with Gasteiger partial charge in [-0.15, -0.1) is 0 Å². The molecule has 2 rings (SSSR count). The average molecular weight is 337 g/mol. The van der Waals surface area contributed by atoms with E-state index < -0.39 is 11.9 Å². The molecule has 1 unspecified atom stereocenters. The second-order valence-corrected chi connectivity index (χ2v) is 5.79. The number of carbonyl (C=O) groups is 1. The second-order valence-electron chi connectivity index (χ2n) is 4.94. The Morgan fingerprint density at radius 3 is 2.65 bits per heavy atom. The molecule has 1 heterocycles. The van der Waals surface area contributed by atoms with E-state index in [0.717, 1.165) is 21.4 Å². The van der Waals surface area contributed by atoms with Gasteiger partial charge in [0, 0.05) is 23.6 Å². The van der Waals surface area contributed by atoms with E-state index in [1.165, 1.54) is 0 Å². The highest BCUT2D eigenvalue weighted by atomic mass is 79.9. The summed E-state index contributed by atoms with van der Waals surface area (Å²) in [5.41, 5.74) is 2.87. The number of nitrogens with zero attached hydrogens (tertiary/aromatic N) is 2. The van der Waals surface area contributed by atoms with Crippen molar-refractivity contribution in [3.05, 3.63) is 51.8 Å². The van der Waals surface area contributed by atoms with Crippen LogP contribution in [0.1, 0.15) is 17.0 Å². The van der Waals surface area contributed by atoms with Crippen molar-refractivity contribution in [1.29, 1.82) is 0 Å². The summed E-state index contributed by atoms with van der Waals surface area (Å²) < 4.78 is 2.71. The van der Waals surface area contributed by atoms with Crippen LogP contribution in [0.15, 0.2) is 34.8 Å². The summed E-state index contributed by atoms with van der Waals surface area (Å²) in [5.74, 6) is -1.23. The maximum atomic E-state index is 11.5. The van der Waals surface area contributed by atoms with Gasteiger partial charge in [0.25, 0.3) is 0 Å². The maximum Gasteiger partial charge on any atom is 0.307 e. The SMILES string of the molecule is Cc1cc(CC(Cc2ccccc2Br)C(=O)O)n(C)n1. The van der Waals surface area contributed by atoms with Crippen molar-refractivity contribution in [2.24, 2.45) is 13.0 Å². The van der Waals surface area contributed by atoms with E-state index in [4.69, 9.17) is 0 Å². The topological polar surface area (TPSA) is 55.1 Å². The molecule has 0 aliphatic heterocycles. The molecule has 2 aromatic rings. The van der Waals surface area contributed by atoms with Crippen LogP contribution in [0, 0.1) is 12.8 Å². The predicted octanol–water partition coefficient (Wildman–Crippen LogP) is 2.98. The van der Waals surface area contributed by atoms with Gasteiger partial charge in [-0.25, -0.2) is 0 Å². The van der Waals surface area contributed by atoms with Crippen molar-refractivity contribution in [2.45, 2.75) is 19.8 Å². The zero-order valence-corrected chi connectivity index (χ0v) is 13.1. The van der Waals surface area contributed by atoms with E-state index in [0.29, 0.717) is 12.8 Å². The summed E-state index contributed by atoms with van der Waals surface area (Å²) in [6, 6.07) is 9.67. The van der Waals surface area contributed by atoms with Crippen molar-refractivity contribution in [1.82, 2.24) is 9.78 Å². The molecule has 20 heavy (non-hydrogen) atoms. The first-order valence-electron chi connectivity index (χ1n) is 6.43. The predicted molar refractivity (Wildman–Crippen MR) is 80.6 cm³/mol. The summed E-state index contributed by atoms with van der Waals surface area (Å²) in [7, 11) is 1.85. The molecule has 0 radical (unpaired) electrons. The van der Waals surface area contributed by atoms with Gasteiger partial charge < -0.3 is 5.11 Å². The summed E-state index contributed by atoms with van der Waals surface area (Å²) in [6.45, 7) is 1.91. The zero-order valence-electron chi connectivity index (χ0n) is 11.5. The number of aliphatic carboxylic acids is 1. The number of halogens is 1. The zero-order chi connectivity index (χ0) is 14.7. The first-order chi connectivity index (χ1) is 9.47. The van der Waals surface area contributed by atoms with Crippen LogP contribution in [0.5, 0.6) is 0 Å². The quantitative estimate of drug-likeness (QED) is 0.913. The molecule has 0 saturated heterocycles. The number of rotatable bonds is 5. The lowest BCUT2D eigenvalue weighted by molar-refractivity contribution is -0.141. The van der Waals surface area contributed by atoms with E-state index >= 15 is 0 Å². The van der Waals surface area contributed by atoms with Crippen LogP contribution in [0.3, 0.4) is 0 Å². The summed E-state index contributed by atoms with van der Waals surface area (Å²) in [6.07, 6.45) is 0.981. The molecule has 5 heteroatoms. The third-order valence-corrected chi connectivity index (χ3v) is 4.10. The number of hydrogen-bond donors (Lipinski definition) is 1. The van der Waals surface area contributed by atoms with Gasteiger partial charge in [-0.2, -0.15) is 5.10 Å². The Morgan fingerprint density at radius 2 is 2.10 bits per heavy atom. The molecular formula is C15H17BrN2O2. The number of carboxylic acids is 1. The first kappa shape index (κ1) is 14.8. The molecule has 0 saturated carbocycles. The number of hydrogen-bond acceptors (Lipinski definition) is 2. The van der Waals surface area contributed by atoms with E-state index in [2.05, 4.69) is 21.0 Å². The van der Waals surface area contributed by atoms with E-state index in [-0.39, 0.29) is 0 Å². The third kappa shape index (κ3) is 3.48. The van der Waals surface area contributed by atoms with Crippen molar-refractivity contribution in [3.63, 3.8) is 0 Å². The average Bonchev–Trinajstić information content (AvgIpc) is 2.69. The Morgan fingerprint density at radius 1 is 1.40 bits per heavy atom. The minimum Gasteiger partial charge on any atom is -0.481 e. The Balaban J connectivity index is 2.18. The molecular weight excluding hydrogens is 320 g/mol. The second kappa shape index (κ2) is 6.22. The lowest BCUT2D eigenvalue weighted by atomic mass is 9.95. The van der Waals surface area contributed by atoms with E-state index in [1.807, 2.05) is 44.3 Å². The highest BCUT2D eigenvalue weighted by molar-refractivity contribution is 9.10. The van der Waals surface area contributed by atoms with Gasteiger partial charge in [-0.1, -0.05) is 34.1 Å². The highest BCUT2D eigenvalue weighted by Crippen LogP contribution is 2.22. The van der Waals surface area contributed by atoms with Gasteiger partial charge >= 0.3 is 5.97 Å². The van der Waals surface area contributed by atoms with Crippen LogP contribution in [0.2, 0.25) is 0 Å². The van der Waals surface area contributed by atoms with Crippen molar-refractivity contribution < 1.29 is 9.90 Å². The Bertz CT molecular complexity index is 622. The molecule has 1 aromatic heterocycles. The molecule has 0 fully saturated rings. The molecule has 0 aliphatic carbocycles. The molecule has 0 spiro atoms. The number of aryl methyl sites for hydroxylation is 2. The molecule has 1 N–H and O–H groups in total. The van der Waals surface area contributed by atoms with Crippen LogP contribution in [0.25, 0.3) is 0 Å². The van der Waals surface area contributed by atoms with Crippen LogP contribution in [-0.2, 0) is 24.7 Å². The molecule has 0 aliphatic rings. The Hall–Kier alpha value is -1.62. The molecule has 1 atom stereocenters. The fraction of sp³-hybridized carbons (Fsp3) is 0.333. The Kier molecular flexibility index (Phi) is 4.60. The minimum absolute atomic E-state index is 0.455. The van der Waals surface area contributed by atoms with Gasteiger partial charge in [-0.05, 0) is 31.0 Å². The van der Waals surface area contributed by atoms with Gasteiger partial charge in [0.15, 0.2) is 0 Å². The van der Waals surface area contributed by atoms with Crippen LogP contribution >= 0.6 is 15.9 Å². The summed E-state index contributed by atoms with van der Waals surface area (Å²) in [4.78, 5) is 11.5. The fourth-order valence-corrected chi connectivity index (χ4v) is 2.73. The van der Waals surface area contributed by atoms with Gasteiger partial charge in [-0.3, -0.25) is 9.48 Å². The van der Waals surface area contributed by atoms with Crippen LogP contribution < -0.4 is 0 Å². The molecule has 4 nitrogen and oxygen atoms in total. The number of carboxylic acid groups (broad SMARTS) is 1. The lowest BCUT2D eigenvalue weighted by Gasteiger charge is -2.13. The van der Waals surface area contributed by atoms with Crippen molar-refractivity contribution in [2.75, 3.05) is 0 Å². The van der Waals surface area contributed by atoms with Crippen LogP contribution in [-0.4, -0.2) is 20.9 Å². The molecule has 0 bridgehead atoms. The minimum atomic E-state index is -0.778. The highest BCUT2D eigenvalue weighted by Gasteiger charge is 2.21. The maximum absolute atomic E-state index is 11.5. The first-order valence-corrected chi connectivity index (χ1v) is 7.22. The fourth-order valence-electron chi connectivity index (χ4n) is 2.28. The van der Waals surface area contributed by atoms with Gasteiger partial charge in [0.1, 0.15) is 0 Å². The third-order valence-electron chi connectivity index (χ3n) is 3.33. The summed E-state index contributed by atoms with van der Waals surface area (Å²) in [5, 5.41) is 13.7. The van der Waals surface area contributed by atoms with Crippen molar-refractivity contribution in [3.8, 4) is 0 Å². The Labute approximate surface area is 126 Å². The molecule has 106 valence electrons. The number of aromatic nitrogens is 2. The summed E-state index contributed by atoms with van der Waals surface area (Å²) >= 11 is 3.47. The van der Waals surface area contributed by atoms with E-state index in [1.54, 1.807) is 4.68 Å². The van der Waals surface area contributed by atoms with Crippen molar-refractivity contribution >= 4 is 21.9 Å². The smallest absolute Gasteiger partial charge is 0.307 e. The normalized spacial score (nSPS) is 12.3.